The third kappa shape index (κ3) is 6.20. The third-order valence-electron chi connectivity index (χ3n) is 5.47. The molecule has 0 saturated carbocycles. The molecule has 0 unspecified atom stereocenters. The van der Waals surface area contributed by atoms with Crippen molar-refractivity contribution in [3.63, 3.8) is 0 Å². The van der Waals surface area contributed by atoms with Crippen molar-refractivity contribution in [3.05, 3.63) is 18.2 Å². The zero-order chi connectivity index (χ0) is 23.1. The van der Waals surface area contributed by atoms with Crippen molar-refractivity contribution in [1.82, 2.24) is 9.62 Å². The first-order chi connectivity index (χ1) is 15.3. The van der Waals surface area contributed by atoms with Gasteiger partial charge in [-0.25, -0.2) is 8.42 Å². The van der Waals surface area contributed by atoms with Crippen molar-refractivity contribution in [2.24, 2.45) is 0 Å². The second-order valence-electron chi connectivity index (χ2n) is 8.34. The van der Waals surface area contributed by atoms with Gasteiger partial charge in [0.2, 0.25) is 15.9 Å². The van der Waals surface area contributed by atoms with Crippen LogP contribution >= 0.6 is 0 Å². The minimum Gasteiger partial charge on any atom is -0.482 e. The van der Waals surface area contributed by atoms with Gasteiger partial charge < -0.3 is 14.8 Å². The maximum atomic E-state index is 13.2. The average Bonchev–Trinajstić information content (AvgIpc) is 3.05. The Morgan fingerprint density at radius 2 is 1.91 bits per heavy atom. The summed E-state index contributed by atoms with van der Waals surface area (Å²) in [7, 11) is -3.69. The van der Waals surface area contributed by atoms with Gasteiger partial charge in [0.1, 0.15) is 12.3 Å². The first kappa shape index (κ1) is 24.5. The fourth-order valence-corrected chi connectivity index (χ4v) is 5.30. The molecule has 0 radical (unpaired) electrons. The number of anilines is 1. The SMILES string of the molecule is CC(C)OCCCNC(=O)CN1C(=O)COc2ccc(S(=O)(=O)N3CCCCCC3)cc21. The summed E-state index contributed by atoms with van der Waals surface area (Å²) in [6.07, 6.45) is 4.50. The molecule has 178 valence electrons. The number of carbonyl (C=O) groups excluding carboxylic acids is 2. The molecule has 2 aliphatic heterocycles. The van der Waals surface area contributed by atoms with Crippen molar-refractivity contribution in [2.75, 3.05) is 44.3 Å². The Morgan fingerprint density at radius 1 is 1.19 bits per heavy atom. The van der Waals surface area contributed by atoms with Gasteiger partial charge in [-0.3, -0.25) is 14.5 Å². The Morgan fingerprint density at radius 3 is 2.59 bits per heavy atom. The van der Waals surface area contributed by atoms with E-state index < -0.39 is 10.0 Å². The van der Waals surface area contributed by atoms with Gasteiger partial charge in [0.05, 0.1) is 16.7 Å². The highest BCUT2D eigenvalue weighted by Crippen LogP contribution is 2.35. The van der Waals surface area contributed by atoms with Crippen LogP contribution in [0.5, 0.6) is 5.75 Å². The summed E-state index contributed by atoms with van der Waals surface area (Å²) >= 11 is 0. The number of ether oxygens (including phenoxy) is 2. The van der Waals surface area contributed by atoms with Crippen molar-refractivity contribution in [2.45, 2.75) is 57.0 Å². The highest BCUT2D eigenvalue weighted by atomic mass is 32.2. The van der Waals surface area contributed by atoms with E-state index in [1.807, 2.05) is 13.8 Å². The standard InChI is InChI=1S/C22H33N3O6S/c1-17(2)30-13-7-10-23-21(26)15-25-19-14-18(8-9-20(19)31-16-22(25)27)32(28,29)24-11-5-3-4-6-12-24/h8-9,14,17H,3-7,10-13,15-16H2,1-2H3,(H,23,26). The highest BCUT2D eigenvalue weighted by molar-refractivity contribution is 7.89. The molecule has 0 spiro atoms. The summed E-state index contributed by atoms with van der Waals surface area (Å²) in [5.74, 6) is -0.325. The Labute approximate surface area is 190 Å². The van der Waals surface area contributed by atoms with Crippen LogP contribution < -0.4 is 15.0 Å². The van der Waals surface area contributed by atoms with Crippen molar-refractivity contribution >= 4 is 27.5 Å². The Kier molecular flexibility index (Phi) is 8.50. The van der Waals surface area contributed by atoms with E-state index in [2.05, 4.69) is 5.32 Å². The van der Waals surface area contributed by atoms with Crippen molar-refractivity contribution in [1.29, 1.82) is 0 Å². The summed E-state index contributed by atoms with van der Waals surface area (Å²) in [5.41, 5.74) is 0.301. The van der Waals surface area contributed by atoms with E-state index >= 15 is 0 Å². The second-order valence-corrected chi connectivity index (χ2v) is 10.3. The van der Waals surface area contributed by atoms with Gasteiger partial charge in [-0.1, -0.05) is 12.8 Å². The molecule has 0 atom stereocenters. The smallest absolute Gasteiger partial charge is 0.265 e. The van der Waals surface area contributed by atoms with E-state index in [-0.39, 0.29) is 36.0 Å². The number of hydrogen-bond acceptors (Lipinski definition) is 6. The zero-order valence-electron chi connectivity index (χ0n) is 18.8. The lowest BCUT2D eigenvalue weighted by atomic mass is 10.2. The molecule has 1 fully saturated rings. The molecule has 0 aliphatic carbocycles. The Hall–Kier alpha value is -2.17. The van der Waals surface area contributed by atoms with E-state index in [4.69, 9.17) is 9.47 Å². The molecule has 3 rings (SSSR count). The number of hydrogen-bond donors (Lipinski definition) is 1. The molecule has 1 saturated heterocycles. The number of nitrogens with zero attached hydrogens (tertiary/aromatic N) is 2. The van der Waals surface area contributed by atoms with E-state index in [0.29, 0.717) is 44.1 Å². The molecular weight excluding hydrogens is 434 g/mol. The summed E-state index contributed by atoms with van der Waals surface area (Å²) in [6, 6.07) is 4.50. The van der Waals surface area contributed by atoms with Gasteiger partial charge in [0, 0.05) is 26.2 Å². The predicted molar refractivity (Wildman–Crippen MR) is 120 cm³/mol. The van der Waals surface area contributed by atoms with E-state index in [9.17, 15) is 18.0 Å². The van der Waals surface area contributed by atoms with Crippen LogP contribution in [0.3, 0.4) is 0 Å². The number of benzene rings is 1. The molecule has 32 heavy (non-hydrogen) atoms. The molecule has 1 aromatic rings. The monoisotopic (exact) mass is 467 g/mol. The molecule has 9 nitrogen and oxygen atoms in total. The molecule has 1 aromatic carbocycles. The van der Waals surface area contributed by atoms with E-state index in [0.717, 1.165) is 25.7 Å². The average molecular weight is 468 g/mol. The van der Waals surface area contributed by atoms with Gasteiger partial charge in [-0.15, -0.1) is 0 Å². The van der Waals surface area contributed by atoms with Crippen LogP contribution in [0.25, 0.3) is 0 Å². The molecule has 2 aliphatic rings. The summed E-state index contributed by atoms with van der Waals surface area (Å²) in [6.45, 7) is 5.44. The molecular formula is C22H33N3O6S. The lowest BCUT2D eigenvalue weighted by molar-refractivity contribution is -0.125. The predicted octanol–water partition coefficient (Wildman–Crippen LogP) is 1.91. The van der Waals surface area contributed by atoms with E-state index in [1.54, 1.807) is 6.07 Å². The van der Waals surface area contributed by atoms with Crippen molar-refractivity contribution in [3.8, 4) is 5.75 Å². The minimum absolute atomic E-state index is 0.104. The van der Waals surface area contributed by atoms with Crippen LogP contribution in [-0.2, 0) is 24.3 Å². The van der Waals surface area contributed by atoms with Gasteiger partial charge >= 0.3 is 0 Å². The molecule has 2 heterocycles. The first-order valence-electron chi connectivity index (χ1n) is 11.2. The summed E-state index contributed by atoms with van der Waals surface area (Å²) in [4.78, 5) is 26.3. The lowest BCUT2D eigenvalue weighted by Gasteiger charge is -2.30. The van der Waals surface area contributed by atoms with Gasteiger partial charge in [0.15, 0.2) is 6.61 Å². The molecule has 0 bridgehead atoms. The number of fused-ring (bicyclic) bond motifs is 1. The number of nitrogens with one attached hydrogen (secondary N) is 1. The highest BCUT2D eigenvalue weighted by Gasteiger charge is 2.31. The van der Waals surface area contributed by atoms with Crippen LogP contribution in [0, 0.1) is 0 Å². The normalized spacial score (nSPS) is 17.6. The maximum Gasteiger partial charge on any atom is 0.265 e. The largest absolute Gasteiger partial charge is 0.482 e. The van der Waals surface area contributed by atoms with Crippen LogP contribution in [0.4, 0.5) is 5.69 Å². The lowest BCUT2D eigenvalue weighted by Crippen LogP contribution is -2.45. The number of carbonyl (C=O) groups is 2. The maximum absolute atomic E-state index is 13.2. The van der Waals surface area contributed by atoms with Crippen LogP contribution in [0.15, 0.2) is 23.1 Å². The summed E-state index contributed by atoms with van der Waals surface area (Å²) < 4.78 is 38.8. The molecule has 0 aromatic heterocycles. The summed E-state index contributed by atoms with van der Waals surface area (Å²) in [5, 5.41) is 2.78. The first-order valence-corrected chi connectivity index (χ1v) is 12.7. The fourth-order valence-electron chi connectivity index (χ4n) is 3.77. The third-order valence-corrected chi connectivity index (χ3v) is 7.37. The van der Waals surface area contributed by atoms with Crippen LogP contribution in [0.1, 0.15) is 46.0 Å². The molecule has 1 N–H and O–H groups in total. The Bertz CT molecular complexity index is 910. The van der Waals surface area contributed by atoms with Gasteiger partial charge in [-0.05, 0) is 51.3 Å². The quantitative estimate of drug-likeness (QED) is 0.556. The van der Waals surface area contributed by atoms with E-state index in [1.165, 1.54) is 21.3 Å². The zero-order valence-corrected chi connectivity index (χ0v) is 19.7. The van der Waals surface area contributed by atoms with Crippen molar-refractivity contribution < 1.29 is 27.5 Å². The second kappa shape index (κ2) is 11.1. The van der Waals surface area contributed by atoms with Crippen LogP contribution in [-0.4, -0.2) is 70.0 Å². The molecule has 2 amide bonds. The van der Waals surface area contributed by atoms with Gasteiger partial charge in [0.25, 0.3) is 5.91 Å². The Balaban J connectivity index is 1.71. The topological polar surface area (TPSA) is 105 Å². The van der Waals surface area contributed by atoms with Gasteiger partial charge in [-0.2, -0.15) is 4.31 Å². The fraction of sp³-hybridized carbons (Fsp3) is 0.636. The van der Waals surface area contributed by atoms with Crippen LogP contribution in [0.2, 0.25) is 0 Å². The molecule has 10 heteroatoms. The number of sulfonamides is 1. The minimum atomic E-state index is -3.69. The number of rotatable bonds is 9. The number of amides is 2.